The van der Waals surface area contributed by atoms with Crippen molar-refractivity contribution in [3.05, 3.63) is 54.1 Å². The van der Waals surface area contributed by atoms with Gasteiger partial charge in [-0.25, -0.2) is 4.90 Å². The summed E-state index contributed by atoms with van der Waals surface area (Å²) in [5.74, 6) is -1.81. The van der Waals surface area contributed by atoms with Gasteiger partial charge in [0.1, 0.15) is 0 Å². The smallest absolute Gasteiger partial charge is 0.274 e. The Morgan fingerprint density at radius 3 is 1.72 bits per heavy atom. The molecule has 6 unspecified atom stereocenters. The van der Waals surface area contributed by atoms with Crippen LogP contribution in [0, 0.1) is 35.5 Å². The normalized spacial score (nSPS) is 38.0. The Bertz CT molecular complexity index is 816. The van der Waals surface area contributed by atoms with Gasteiger partial charge in [-0.3, -0.25) is 9.59 Å². The molecular formula is C19H14F3NO2. The Labute approximate surface area is 141 Å². The van der Waals surface area contributed by atoms with Crippen LogP contribution in [0.25, 0.3) is 0 Å². The third kappa shape index (κ3) is 1.77. The fourth-order valence-electron chi connectivity index (χ4n) is 5.04. The molecule has 128 valence electrons. The minimum Gasteiger partial charge on any atom is -0.274 e. The molecule has 6 atom stereocenters. The maximum atomic E-state index is 13.4. The number of rotatable bonds is 1. The summed E-state index contributed by atoms with van der Waals surface area (Å²) in [5, 5.41) is 0. The number of benzene rings is 1. The Kier molecular flexibility index (Phi) is 2.76. The maximum Gasteiger partial charge on any atom is 0.418 e. The monoisotopic (exact) mass is 345 g/mol. The largest absolute Gasteiger partial charge is 0.418 e. The van der Waals surface area contributed by atoms with Crippen molar-refractivity contribution in [1.29, 1.82) is 0 Å². The molecule has 0 N–H and O–H groups in total. The predicted molar refractivity (Wildman–Crippen MR) is 83.2 cm³/mol. The third-order valence-corrected chi connectivity index (χ3v) is 6.12. The molecule has 2 bridgehead atoms. The van der Waals surface area contributed by atoms with Crippen molar-refractivity contribution >= 4 is 17.5 Å². The van der Waals surface area contributed by atoms with Crippen molar-refractivity contribution in [2.24, 2.45) is 35.5 Å². The number of carbonyl (C=O) groups is 2. The lowest BCUT2D eigenvalue weighted by Crippen LogP contribution is -2.50. The molecule has 6 rings (SSSR count). The van der Waals surface area contributed by atoms with Gasteiger partial charge in [-0.1, -0.05) is 36.4 Å². The Balaban J connectivity index is 1.61. The SMILES string of the molecule is O=C1C2C3C=CC(C4C=CC43)C2C(=O)N1c1ccccc1C(F)(F)F. The zero-order valence-electron chi connectivity index (χ0n) is 13.0. The highest BCUT2D eigenvalue weighted by Gasteiger charge is 2.63. The lowest BCUT2D eigenvalue weighted by Gasteiger charge is -2.51. The van der Waals surface area contributed by atoms with E-state index in [-0.39, 0.29) is 29.4 Å². The van der Waals surface area contributed by atoms with E-state index in [4.69, 9.17) is 0 Å². The second-order valence-corrected chi connectivity index (χ2v) is 7.16. The van der Waals surface area contributed by atoms with E-state index >= 15 is 0 Å². The third-order valence-electron chi connectivity index (χ3n) is 6.12. The van der Waals surface area contributed by atoms with Crippen molar-refractivity contribution < 1.29 is 22.8 Å². The van der Waals surface area contributed by atoms with Crippen LogP contribution in [0.5, 0.6) is 0 Å². The average molecular weight is 345 g/mol. The summed E-state index contributed by atoms with van der Waals surface area (Å²) in [5.41, 5.74) is -1.30. The Morgan fingerprint density at radius 2 is 1.24 bits per heavy atom. The summed E-state index contributed by atoms with van der Waals surface area (Å²) in [7, 11) is 0. The molecule has 1 saturated carbocycles. The van der Waals surface area contributed by atoms with Gasteiger partial charge in [0.2, 0.25) is 11.8 Å². The van der Waals surface area contributed by atoms with Gasteiger partial charge < -0.3 is 0 Å². The minimum atomic E-state index is -4.62. The lowest BCUT2D eigenvalue weighted by molar-refractivity contribution is -0.137. The second-order valence-electron chi connectivity index (χ2n) is 7.16. The quantitative estimate of drug-likeness (QED) is 0.578. The molecule has 2 amide bonds. The number of halogens is 3. The number of imide groups is 1. The highest BCUT2D eigenvalue weighted by Crippen LogP contribution is 2.59. The van der Waals surface area contributed by atoms with Crippen LogP contribution in [0.3, 0.4) is 0 Å². The number of para-hydroxylation sites is 1. The zero-order chi connectivity index (χ0) is 17.5. The maximum absolute atomic E-state index is 13.4. The standard InChI is InChI=1S/C19H14F3NO2/c20-19(21,22)13-3-1-2-4-14(13)23-17(24)15-11-7-8-12(16(15)18(23)25)10-6-5-9(10)11/h1-12,15-16H. The first-order valence-corrected chi connectivity index (χ1v) is 8.30. The lowest BCUT2D eigenvalue weighted by atomic mass is 9.50. The summed E-state index contributed by atoms with van der Waals surface area (Å²) < 4.78 is 40.1. The van der Waals surface area contributed by atoms with E-state index in [9.17, 15) is 22.8 Å². The molecule has 5 aliphatic rings. The molecule has 3 nitrogen and oxygen atoms in total. The van der Waals surface area contributed by atoms with Gasteiger partial charge in [-0.2, -0.15) is 13.2 Å². The van der Waals surface area contributed by atoms with Gasteiger partial charge >= 0.3 is 6.18 Å². The molecule has 1 aliphatic heterocycles. The summed E-state index contributed by atoms with van der Waals surface area (Å²) >= 11 is 0. The van der Waals surface area contributed by atoms with Crippen LogP contribution in [0.4, 0.5) is 18.9 Å². The van der Waals surface area contributed by atoms with Crippen molar-refractivity contribution in [2.75, 3.05) is 4.90 Å². The first-order valence-electron chi connectivity index (χ1n) is 8.30. The van der Waals surface area contributed by atoms with E-state index in [0.29, 0.717) is 0 Å². The van der Waals surface area contributed by atoms with Gasteiger partial charge in [0.05, 0.1) is 23.1 Å². The fourth-order valence-corrected chi connectivity index (χ4v) is 5.04. The molecular weight excluding hydrogens is 331 g/mol. The number of amides is 2. The van der Waals surface area contributed by atoms with Crippen molar-refractivity contribution in [1.82, 2.24) is 0 Å². The molecule has 4 aliphatic carbocycles. The van der Waals surface area contributed by atoms with E-state index in [1.165, 1.54) is 18.2 Å². The summed E-state index contributed by atoms with van der Waals surface area (Å²) in [6.45, 7) is 0. The highest BCUT2D eigenvalue weighted by molar-refractivity contribution is 6.23. The molecule has 1 heterocycles. The Morgan fingerprint density at radius 1 is 0.760 bits per heavy atom. The fraction of sp³-hybridized carbons (Fsp3) is 0.368. The molecule has 2 fully saturated rings. The summed E-state index contributed by atoms with van der Waals surface area (Å²) in [6, 6.07) is 4.80. The molecule has 1 saturated heterocycles. The second kappa shape index (κ2) is 4.62. The molecule has 0 spiro atoms. The predicted octanol–water partition coefficient (Wildman–Crippen LogP) is 3.43. The van der Waals surface area contributed by atoms with Crippen LogP contribution in [0.15, 0.2) is 48.6 Å². The average Bonchev–Trinajstić information content (AvgIpc) is 2.79. The number of alkyl halides is 3. The number of carbonyl (C=O) groups excluding carboxylic acids is 2. The highest BCUT2D eigenvalue weighted by atomic mass is 19.4. The van der Waals surface area contributed by atoms with E-state index in [1.807, 2.05) is 24.3 Å². The molecule has 6 heteroatoms. The van der Waals surface area contributed by atoms with Gasteiger partial charge in [0, 0.05) is 0 Å². The summed E-state index contributed by atoms with van der Waals surface area (Å²) in [6.07, 6.45) is 3.42. The van der Waals surface area contributed by atoms with Crippen LogP contribution in [-0.2, 0) is 15.8 Å². The number of hydrogen-bond acceptors (Lipinski definition) is 2. The first-order chi connectivity index (χ1) is 11.9. The molecule has 0 radical (unpaired) electrons. The number of hydrogen-bond donors (Lipinski definition) is 0. The van der Waals surface area contributed by atoms with Gasteiger partial charge in [-0.15, -0.1) is 0 Å². The van der Waals surface area contributed by atoms with Crippen LogP contribution in [0.1, 0.15) is 5.56 Å². The van der Waals surface area contributed by atoms with E-state index in [2.05, 4.69) is 0 Å². The van der Waals surface area contributed by atoms with Crippen LogP contribution < -0.4 is 4.90 Å². The van der Waals surface area contributed by atoms with Gasteiger partial charge in [-0.05, 0) is 35.8 Å². The topological polar surface area (TPSA) is 37.4 Å². The van der Waals surface area contributed by atoms with Crippen LogP contribution in [-0.4, -0.2) is 11.8 Å². The van der Waals surface area contributed by atoms with Crippen molar-refractivity contribution in [2.45, 2.75) is 6.18 Å². The Hall–Kier alpha value is -2.37. The molecule has 0 aromatic heterocycles. The van der Waals surface area contributed by atoms with Crippen LogP contribution in [0.2, 0.25) is 0 Å². The van der Waals surface area contributed by atoms with E-state index in [0.717, 1.165) is 11.0 Å². The van der Waals surface area contributed by atoms with E-state index in [1.54, 1.807) is 0 Å². The van der Waals surface area contributed by atoms with E-state index < -0.39 is 35.4 Å². The number of nitrogens with zero attached hydrogens (tertiary/aromatic N) is 1. The number of allylic oxidation sites excluding steroid dienone is 4. The zero-order valence-corrected chi connectivity index (χ0v) is 13.0. The van der Waals surface area contributed by atoms with Crippen molar-refractivity contribution in [3.63, 3.8) is 0 Å². The van der Waals surface area contributed by atoms with Crippen LogP contribution >= 0.6 is 0 Å². The van der Waals surface area contributed by atoms with Gasteiger partial charge in [0.25, 0.3) is 0 Å². The molecule has 25 heavy (non-hydrogen) atoms. The number of anilines is 1. The first kappa shape index (κ1) is 14.9. The van der Waals surface area contributed by atoms with Gasteiger partial charge in [0.15, 0.2) is 0 Å². The van der Waals surface area contributed by atoms with Crippen molar-refractivity contribution in [3.8, 4) is 0 Å². The summed E-state index contributed by atoms with van der Waals surface area (Å²) in [4.78, 5) is 26.7. The molecule has 1 aromatic carbocycles. The molecule has 1 aromatic rings. The minimum absolute atomic E-state index is 0.0931.